The maximum Gasteiger partial charge on any atom is 0.435 e. The normalized spacial score (nSPS) is 12.7. The fourth-order valence-electron chi connectivity index (χ4n) is 4.24. The van der Waals surface area contributed by atoms with Crippen molar-refractivity contribution in [3.63, 3.8) is 0 Å². The lowest BCUT2D eigenvalue weighted by atomic mass is 9.92. The molecule has 0 aliphatic rings. The maximum absolute atomic E-state index is 15.3. The molecule has 0 aliphatic heterocycles. The Labute approximate surface area is 253 Å². The van der Waals surface area contributed by atoms with Crippen molar-refractivity contribution in [1.82, 2.24) is 0 Å². The van der Waals surface area contributed by atoms with Crippen molar-refractivity contribution < 1.29 is 57.9 Å². The lowest BCUT2D eigenvalue weighted by Crippen LogP contribution is -2.50. The first-order valence-electron chi connectivity index (χ1n) is 11.9. The number of amides is 2. The minimum absolute atomic E-state index is 0.114. The van der Waals surface area contributed by atoms with Crippen LogP contribution < -0.4 is 10.6 Å². The SMILES string of the molecule is O=C(Nc1c(I)cc(C(F)(C(F)(F)F)C(F)(F)F)cc1C(F)(F)F)c1cccc(NC(=O)c2cccc3ccccc23)c1F. The second-order valence-electron chi connectivity index (χ2n) is 9.13. The number of carbonyl (C=O) groups is 2. The highest BCUT2D eigenvalue weighted by molar-refractivity contribution is 14.1. The predicted molar refractivity (Wildman–Crippen MR) is 145 cm³/mol. The van der Waals surface area contributed by atoms with Gasteiger partial charge in [0.1, 0.15) is 0 Å². The lowest BCUT2D eigenvalue weighted by Gasteiger charge is -2.31. The summed E-state index contributed by atoms with van der Waals surface area (Å²) in [6.07, 6.45) is -19.1. The third-order valence-corrected chi connectivity index (χ3v) is 7.19. The first-order chi connectivity index (χ1) is 20.3. The van der Waals surface area contributed by atoms with E-state index in [1.54, 1.807) is 41.7 Å². The van der Waals surface area contributed by atoms with Crippen LogP contribution in [0.25, 0.3) is 10.8 Å². The molecule has 232 valence electrons. The minimum atomic E-state index is -6.71. The van der Waals surface area contributed by atoms with Crippen molar-refractivity contribution in [3.8, 4) is 0 Å². The number of nitrogens with one attached hydrogen (secondary N) is 2. The molecule has 0 atom stereocenters. The van der Waals surface area contributed by atoms with Crippen molar-refractivity contribution in [2.45, 2.75) is 24.2 Å². The molecule has 0 unspecified atom stereocenters. The van der Waals surface area contributed by atoms with Gasteiger partial charge in [-0.2, -0.15) is 39.5 Å². The van der Waals surface area contributed by atoms with Crippen LogP contribution in [0.3, 0.4) is 0 Å². The molecular weight excluding hydrogens is 732 g/mol. The summed E-state index contributed by atoms with van der Waals surface area (Å²) < 4.78 is 150. The maximum atomic E-state index is 15.3. The fourth-order valence-corrected chi connectivity index (χ4v) is 5.00. The highest BCUT2D eigenvalue weighted by Crippen LogP contribution is 2.54. The Morgan fingerprint density at radius 3 is 1.82 bits per heavy atom. The van der Waals surface area contributed by atoms with Gasteiger partial charge in [-0.05, 0) is 63.7 Å². The van der Waals surface area contributed by atoms with Crippen LogP contribution in [0.15, 0.2) is 72.8 Å². The molecule has 4 nitrogen and oxygen atoms in total. The van der Waals surface area contributed by atoms with Crippen LogP contribution in [-0.2, 0) is 11.8 Å². The smallest absolute Gasteiger partial charge is 0.320 e. The fraction of sp³-hybridized carbons (Fsp3) is 0.143. The molecule has 16 heteroatoms. The monoisotopic (exact) mass is 746 g/mol. The summed E-state index contributed by atoms with van der Waals surface area (Å²) in [6.45, 7) is 0. The number of alkyl halides is 10. The Kier molecular flexibility index (Phi) is 8.62. The van der Waals surface area contributed by atoms with Gasteiger partial charge < -0.3 is 10.6 Å². The largest absolute Gasteiger partial charge is 0.435 e. The number of fused-ring (bicyclic) bond motifs is 1. The van der Waals surface area contributed by atoms with Crippen molar-refractivity contribution in [1.29, 1.82) is 0 Å². The predicted octanol–water partition coefficient (Wildman–Crippen LogP) is 9.40. The van der Waals surface area contributed by atoms with E-state index in [0.29, 0.717) is 10.8 Å². The molecule has 0 fully saturated rings. The topological polar surface area (TPSA) is 58.2 Å². The van der Waals surface area contributed by atoms with E-state index in [1.807, 2.05) is 0 Å². The van der Waals surface area contributed by atoms with Gasteiger partial charge in [0.15, 0.2) is 5.82 Å². The van der Waals surface area contributed by atoms with Crippen LogP contribution in [-0.4, -0.2) is 24.2 Å². The summed E-state index contributed by atoms with van der Waals surface area (Å²) in [5.74, 6) is -3.85. The Hall–Kier alpha value is -3.96. The second-order valence-corrected chi connectivity index (χ2v) is 10.3. The number of benzene rings is 4. The summed E-state index contributed by atoms with van der Waals surface area (Å²) in [6, 6.07) is 13.4. The van der Waals surface area contributed by atoms with Crippen molar-refractivity contribution in [2.24, 2.45) is 0 Å². The van der Waals surface area contributed by atoms with Gasteiger partial charge in [-0.25, -0.2) is 8.78 Å². The van der Waals surface area contributed by atoms with Gasteiger partial charge in [0.2, 0.25) is 0 Å². The van der Waals surface area contributed by atoms with Gasteiger partial charge in [-0.3, -0.25) is 9.59 Å². The summed E-state index contributed by atoms with van der Waals surface area (Å²) in [5, 5.41) is 5.04. The number of hydrogen-bond acceptors (Lipinski definition) is 2. The second kappa shape index (κ2) is 11.5. The number of hydrogen-bond donors (Lipinski definition) is 2. The zero-order chi connectivity index (χ0) is 32.8. The minimum Gasteiger partial charge on any atom is -0.320 e. The van der Waals surface area contributed by atoms with Gasteiger partial charge in [-0.1, -0.05) is 42.5 Å². The Morgan fingerprint density at radius 2 is 1.20 bits per heavy atom. The molecule has 0 spiro atoms. The van der Waals surface area contributed by atoms with Crippen LogP contribution in [0.5, 0.6) is 0 Å². The molecule has 4 aromatic carbocycles. The standard InChI is InChI=1S/C28H14F11IN2O2/c29-21-17(9-4-10-20(21)41-23(43)16-8-3-6-13-5-1-2-7-15(13)16)24(44)42-22-18(26(31,32)33)11-14(12-19(22)40)25(30,27(34,35)36)28(37,38)39/h1-12H,(H,41,43)(H,42,44). The molecule has 0 aromatic heterocycles. The van der Waals surface area contributed by atoms with Gasteiger partial charge in [0, 0.05) is 14.7 Å². The van der Waals surface area contributed by atoms with Gasteiger partial charge >= 0.3 is 24.2 Å². The zero-order valence-electron chi connectivity index (χ0n) is 21.3. The van der Waals surface area contributed by atoms with Crippen LogP contribution >= 0.6 is 22.6 Å². The molecule has 0 bridgehead atoms. The zero-order valence-corrected chi connectivity index (χ0v) is 23.4. The number of anilines is 2. The van der Waals surface area contributed by atoms with Crippen molar-refractivity contribution in [3.05, 3.63) is 104 Å². The summed E-state index contributed by atoms with van der Waals surface area (Å²) in [4.78, 5) is 25.8. The van der Waals surface area contributed by atoms with E-state index in [0.717, 1.165) is 40.8 Å². The van der Waals surface area contributed by atoms with Crippen LogP contribution in [0.4, 0.5) is 59.7 Å². The Bertz CT molecular complexity index is 1750. The molecule has 2 N–H and O–H groups in total. The summed E-state index contributed by atoms with van der Waals surface area (Å²) in [7, 11) is 0. The lowest BCUT2D eigenvalue weighted by molar-refractivity contribution is -0.348. The highest BCUT2D eigenvalue weighted by Gasteiger charge is 2.73. The van der Waals surface area contributed by atoms with Crippen LogP contribution in [0.1, 0.15) is 31.8 Å². The van der Waals surface area contributed by atoms with Gasteiger partial charge in [-0.15, -0.1) is 0 Å². The van der Waals surface area contributed by atoms with E-state index in [9.17, 15) is 53.5 Å². The average molecular weight is 746 g/mol. The molecule has 4 aromatic rings. The summed E-state index contributed by atoms with van der Waals surface area (Å²) in [5.41, 5.74) is -13.6. The van der Waals surface area contributed by atoms with Crippen molar-refractivity contribution in [2.75, 3.05) is 10.6 Å². The molecule has 0 saturated heterocycles. The third kappa shape index (κ3) is 6.03. The van der Waals surface area contributed by atoms with Crippen molar-refractivity contribution >= 4 is 56.6 Å². The molecule has 44 heavy (non-hydrogen) atoms. The molecule has 4 rings (SSSR count). The van der Waals surface area contributed by atoms with Gasteiger partial charge in [0.25, 0.3) is 11.8 Å². The Morgan fingerprint density at radius 1 is 0.659 bits per heavy atom. The third-order valence-electron chi connectivity index (χ3n) is 6.34. The first-order valence-corrected chi connectivity index (χ1v) is 13.0. The quantitative estimate of drug-likeness (QED) is 0.158. The van der Waals surface area contributed by atoms with E-state index in [-0.39, 0.29) is 11.6 Å². The van der Waals surface area contributed by atoms with Crippen LogP contribution in [0.2, 0.25) is 0 Å². The van der Waals surface area contributed by atoms with E-state index in [1.165, 1.54) is 6.07 Å². The highest BCUT2D eigenvalue weighted by atomic mass is 127. The van der Waals surface area contributed by atoms with Gasteiger partial charge in [0.05, 0.1) is 22.5 Å². The first kappa shape index (κ1) is 32.9. The number of rotatable bonds is 5. The number of halogens is 12. The molecule has 0 heterocycles. The number of carbonyl (C=O) groups excluding carboxylic acids is 2. The molecule has 2 amide bonds. The molecule has 0 aliphatic carbocycles. The van der Waals surface area contributed by atoms with E-state index in [4.69, 9.17) is 0 Å². The summed E-state index contributed by atoms with van der Waals surface area (Å²) >= 11 is 0.879. The van der Waals surface area contributed by atoms with E-state index in [2.05, 4.69) is 5.32 Å². The Balaban J connectivity index is 1.72. The van der Waals surface area contributed by atoms with E-state index < -0.39 is 79.5 Å². The van der Waals surface area contributed by atoms with Crippen LogP contribution in [0, 0.1) is 9.39 Å². The molecule has 0 radical (unpaired) electrons. The molecule has 0 saturated carbocycles. The average Bonchev–Trinajstić information content (AvgIpc) is 2.92. The van der Waals surface area contributed by atoms with E-state index >= 15 is 4.39 Å². The molecular formula is C28H14F11IN2O2.